The van der Waals surface area contributed by atoms with Crippen molar-refractivity contribution in [2.24, 2.45) is 5.41 Å². The van der Waals surface area contributed by atoms with E-state index in [1.807, 2.05) is 6.07 Å². The van der Waals surface area contributed by atoms with Gasteiger partial charge in [-0.2, -0.15) is 0 Å². The summed E-state index contributed by atoms with van der Waals surface area (Å²) < 4.78 is 0. The Labute approximate surface area is 156 Å². The molecule has 1 amide bonds. The van der Waals surface area contributed by atoms with E-state index in [1.54, 1.807) is 11.8 Å². The number of carbonyl (C=O) groups excluding carboxylic acids is 1. The highest BCUT2D eigenvalue weighted by Gasteiger charge is 2.41. The fourth-order valence-corrected chi connectivity index (χ4v) is 4.49. The number of amides is 1. The molecule has 1 aliphatic heterocycles. The lowest BCUT2D eigenvalue weighted by atomic mass is 9.63. The molecule has 1 aromatic rings. The summed E-state index contributed by atoms with van der Waals surface area (Å²) in [6, 6.07) is 6.10. The Bertz CT molecular complexity index is 750. The van der Waals surface area contributed by atoms with E-state index in [0.29, 0.717) is 18.5 Å². The fourth-order valence-electron chi connectivity index (χ4n) is 4.49. The Balaban J connectivity index is 1.93. The molecule has 1 N–H and O–H groups in total. The highest BCUT2D eigenvalue weighted by atomic mass is 16.4. The van der Waals surface area contributed by atoms with E-state index in [9.17, 15) is 14.7 Å². The largest absolute Gasteiger partial charge is 0.481 e. The van der Waals surface area contributed by atoms with E-state index in [0.717, 1.165) is 19.3 Å². The van der Waals surface area contributed by atoms with Gasteiger partial charge in [-0.1, -0.05) is 33.8 Å². The molecule has 0 radical (unpaired) electrons. The predicted molar refractivity (Wildman–Crippen MR) is 103 cm³/mol. The third kappa shape index (κ3) is 3.15. The van der Waals surface area contributed by atoms with Crippen molar-refractivity contribution < 1.29 is 14.7 Å². The normalized spacial score (nSPS) is 26.9. The number of carboxylic acids is 1. The smallest absolute Gasteiger partial charge is 0.311 e. The standard InChI is InChI=1S/C22H31NO3/c1-20(2)10-11-21(3,4)17-13-15(7-8-16(17)20)18(24)23-12-6-9-22(5,14-23)19(25)26/h7-8,13H,6,9-12,14H2,1-5H3,(H,25,26). The third-order valence-electron chi connectivity index (χ3n) is 6.60. The van der Waals surface area contributed by atoms with Gasteiger partial charge in [-0.15, -0.1) is 0 Å². The topological polar surface area (TPSA) is 57.6 Å². The summed E-state index contributed by atoms with van der Waals surface area (Å²) in [5.74, 6) is -0.859. The molecular weight excluding hydrogens is 326 g/mol. The van der Waals surface area contributed by atoms with Gasteiger partial charge < -0.3 is 10.0 Å². The number of hydrogen-bond acceptors (Lipinski definition) is 2. The lowest BCUT2D eigenvalue weighted by Gasteiger charge is -2.42. The highest BCUT2D eigenvalue weighted by Crippen LogP contribution is 2.46. The van der Waals surface area contributed by atoms with Gasteiger partial charge in [0, 0.05) is 18.7 Å². The monoisotopic (exact) mass is 357 g/mol. The van der Waals surface area contributed by atoms with Crippen LogP contribution in [-0.2, 0) is 15.6 Å². The molecule has 4 heteroatoms. The van der Waals surface area contributed by atoms with Gasteiger partial charge in [0.05, 0.1) is 5.41 Å². The van der Waals surface area contributed by atoms with Gasteiger partial charge >= 0.3 is 5.97 Å². The summed E-state index contributed by atoms with van der Waals surface area (Å²) in [5.41, 5.74) is 2.61. The van der Waals surface area contributed by atoms with Crippen molar-refractivity contribution in [3.8, 4) is 0 Å². The molecule has 3 rings (SSSR count). The highest BCUT2D eigenvalue weighted by molar-refractivity contribution is 5.95. The third-order valence-corrected chi connectivity index (χ3v) is 6.60. The molecule has 142 valence electrons. The molecule has 1 fully saturated rings. The zero-order chi connectivity index (χ0) is 19.3. The number of carbonyl (C=O) groups is 2. The summed E-state index contributed by atoms with van der Waals surface area (Å²) in [6.45, 7) is 11.7. The van der Waals surface area contributed by atoms with Gasteiger partial charge in [-0.3, -0.25) is 9.59 Å². The molecule has 1 saturated heterocycles. The SMILES string of the molecule is CC1(C(=O)O)CCCN(C(=O)c2ccc3c(c2)C(C)(C)CCC3(C)C)C1. The van der Waals surface area contributed by atoms with Crippen molar-refractivity contribution in [2.75, 3.05) is 13.1 Å². The second-order valence-electron chi connectivity index (χ2n) is 9.72. The lowest BCUT2D eigenvalue weighted by Crippen LogP contribution is -2.48. The maximum absolute atomic E-state index is 13.1. The number of nitrogens with zero attached hydrogens (tertiary/aromatic N) is 1. The van der Waals surface area contributed by atoms with Gasteiger partial charge in [0.2, 0.25) is 0 Å². The van der Waals surface area contributed by atoms with Crippen LogP contribution in [0.5, 0.6) is 0 Å². The van der Waals surface area contributed by atoms with E-state index < -0.39 is 11.4 Å². The molecule has 0 saturated carbocycles. The number of rotatable bonds is 2. The fraction of sp³-hybridized carbons (Fsp3) is 0.636. The minimum Gasteiger partial charge on any atom is -0.481 e. The van der Waals surface area contributed by atoms with Crippen LogP contribution < -0.4 is 0 Å². The van der Waals surface area contributed by atoms with E-state index in [4.69, 9.17) is 0 Å². The van der Waals surface area contributed by atoms with E-state index in [1.165, 1.54) is 11.1 Å². The number of aliphatic carboxylic acids is 1. The zero-order valence-electron chi connectivity index (χ0n) is 16.7. The predicted octanol–water partition coefficient (Wildman–Crippen LogP) is 4.36. The second-order valence-corrected chi connectivity index (χ2v) is 9.72. The number of fused-ring (bicyclic) bond motifs is 1. The molecule has 4 nitrogen and oxygen atoms in total. The summed E-state index contributed by atoms with van der Waals surface area (Å²) in [5, 5.41) is 9.51. The van der Waals surface area contributed by atoms with Crippen molar-refractivity contribution in [3.05, 3.63) is 34.9 Å². The summed E-state index contributed by atoms with van der Waals surface area (Å²) >= 11 is 0. The van der Waals surface area contributed by atoms with Gasteiger partial charge in [-0.05, 0) is 66.7 Å². The lowest BCUT2D eigenvalue weighted by molar-refractivity contribution is -0.150. The molecule has 0 spiro atoms. The number of likely N-dealkylation sites (tertiary alicyclic amines) is 1. The molecule has 1 atom stereocenters. The van der Waals surface area contributed by atoms with E-state index in [-0.39, 0.29) is 23.3 Å². The Hall–Kier alpha value is -1.84. The van der Waals surface area contributed by atoms with Crippen LogP contribution >= 0.6 is 0 Å². The van der Waals surface area contributed by atoms with Crippen LogP contribution in [-0.4, -0.2) is 35.0 Å². The Kier molecular flexibility index (Phi) is 4.45. The summed E-state index contributed by atoms with van der Waals surface area (Å²) in [6.07, 6.45) is 3.60. The summed E-state index contributed by atoms with van der Waals surface area (Å²) in [7, 11) is 0. The maximum atomic E-state index is 13.1. The van der Waals surface area contributed by atoms with Gasteiger partial charge in [0.15, 0.2) is 0 Å². The minimum absolute atomic E-state index is 0.0424. The Morgan fingerprint density at radius 2 is 1.58 bits per heavy atom. The van der Waals surface area contributed by atoms with Gasteiger partial charge in [-0.25, -0.2) is 0 Å². The second kappa shape index (κ2) is 6.11. The maximum Gasteiger partial charge on any atom is 0.311 e. The van der Waals surface area contributed by atoms with Crippen LogP contribution in [0.25, 0.3) is 0 Å². The average molecular weight is 357 g/mol. The molecule has 1 unspecified atom stereocenters. The van der Waals surface area contributed by atoms with Crippen LogP contribution in [0, 0.1) is 5.41 Å². The van der Waals surface area contributed by atoms with Crippen molar-refractivity contribution in [1.29, 1.82) is 0 Å². The molecule has 0 bridgehead atoms. The molecule has 0 aromatic heterocycles. The van der Waals surface area contributed by atoms with Gasteiger partial charge in [0.1, 0.15) is 0 Å². The molecule has 1 aromatic carbocycles. The first-order valence-corrected chi connectivity index (χ1v) is 9.64. The van der Waals surface area contributed by atoms with Crippen LogP contribution in [0.2, 0.25) is 0 Å². The first-order chi connectivity index (χ1) is 12.0. The number of piperidine rings is 1. The molecule has 2 aliphatic rings. The number of benzene rings is 1. The van der Waals surface area contributed by atoms with E-state index >= 15 is 0 Å². The molecule has 1 heterocycles. The zero-order valence-corrected chi connectivity index (χ0v) is 16.7. The van der Waals surface area contributed by atoms with Crippen molar-refractivity contribution >= 4 is 11.9 Å². The van der Waals surface area contributed by atoms with Crippen LogP contribution in [0.15, 0.2) is 18.2 Å². The molecule has 26 heavy (non-hydrogen) atoms. The minimum atomic E-state index is -0.844. The van der Waals surface area contributed by atoms with Crippen molar-refractivity contribution in [1.82, 2.24) is 4.90 Å². The van der Waals surface area contributed by atoms with Crippen LogP contribution in [0.3, 0.4) is 0 Å². The number of hydrogen-bond donors (Lipinski definition) is 1. The van der Waals surface area contributed by atoms with Gasteiger partial charge in [0.25, 0.3) is 5.91 Å². The van der Waals surface area contributed by atoms with E-state index in [2.05, 4.69) is 39.8 Å². The van der Waals surface area contributed by atoms with Crippen molar-refractivity contribution in [3.63, 3.8) is 0 Å². The van der Waals surface area contributed by atoms with Crippen LogP contribution in [0.1, 0.15) is 81.8 Å². The first-order valence-electron chi connectivity index (χ1n) is 9.64. The molecule has 1 aliphatic carbocycles. The quantitative estimate of drug-likeness (QED) is 0.855. The summed E-state index contributed by atoms with van der Waals surface area (Å²) in [4.78, 5) is 26.4. The molecular formula is C22H31NO3. The van der Waals surface area contributed by atoms with Crippen molar-refractivity contribution in [2.45, 2.75) is 71.1 Å². The Morgan fingerprint density at radius 1 is 0.962 bits per heavy atom. The Morgan fingerprint density at radius 3 is 2.19 bits per heavy atom. The first kappa shape index (κ1) is 18.9. The average Bonchev–Trinajstić information content (AvgIpc) is 2.58. The number of carboxylic acid groups (broad SMARTS) is 1. The van der Waals surface area contributed by atoms with Crippen LogP contribution in [0.4, 0.5) is 0 Å².